The predicted octanol–water partition coefficient (Wildman–Crippen LogP) is 2.85. The molecule has 0 aliphatic carbocycles. The lowest BCUT2D eigenvalue weighted by molar-refractivity contribution is -0.139. The van der Waals surface area contributed by atoms with E-state index in [4.69, 9.17) is 16.3 Å². The van der Waals surface area contributed by atoms with Crippen LogP contribution in [0.25, 0.3) is 0 Å². The molecule has 1 unspecified atom stereocenters. The zero-order chi connectivity index (χ0) is 17.2. The molecule has 23 heavy (non-hydrogen) atoms. The molecule has 0 bridgehead atoms. The van der Waals surface area contributed by atoms with Crippen molar-refractivity contribution >= 4 is 29.4 Å². The van der Waals surface area contributed by atoms with Crippen molar-refractivity contribution in [2.24, 2.45) is 0 Å². The number of hydrogen-bond donors (Lipinski definition) is 1. The van der Waals surface area contributed by atoms with Crippen LogP contribution in [0.5, 0.6) is 0 Å². The number of ether oxygens (including phenoxy) is 1. The Balaban J connectivity index is 2.15. The van der Waals surface area contributed by atoms with Crippen LogP contribution in [0.15, 0.2) is 24.3 Å². The second-order valence-corrected chi connectivity index (χ2v) is 6.89. The standard InChI is InChI=1S/C16H21ClN2O4/c1-16(2,3)23-15(22)18-7-8-19(13(10-18)14(20)21)12-6-4-5-11(17)9-12/h4-6,9,13H,7-8,10H2,1-3H3,(H,20,21). The molecule has 1 aliphatic rings. The van der Waals surface area contributed by atoms with Gasteiger partial charge in [0.05, 0.1) is 6.54 Å². The minimum absolute atomic E-state index is 0.0662. The van der Waals surface area contributed by atoms with Crippen molar-refractivity contribution in [1.82, 2.24) is 4.90 Å². The predicted molar refractivity (Wildman–Crippen MR) is 88.0 cm³/mol. The van der Waals surface area contributed by atoms with Crippen molar-refractivity contribution in [3.8, 4) is 0 Å². The molecule has 7 heteroatoms. The van der Waals surface area contributed by atoms with E-state index in [0.717, 1.165) is 5.69 Å². The summed E-state index contributed by atoms with van der Waals surface area (Å²) in [6.07, 6.45) is -0.491. The minimum atomic E-state index is -0.988. The van der Waals surface area contributed by atoms with Gasteiger partial charge in [0.25, 0.3) is 0 Å². The van der Waals surface area contributed by atoms with Gasteiger partial charge in [0, 0.05) is 23.8 Å². The van der Waals surface area contributed by atoms with Crippen LogP contribution in [0.1, 0.15) is 20.8 Å². The summed E-state index contributed by atoms with van der Waals surface area (Å²) < 4.78 is 5.32. The molecule has 1 saturated heterocycles. The largest absolute Gasteiger partial charge is 0.480 e. The molecule has 1 heterocycles. The third kappa shape index (κ3) is 4.51. The average Bonchev–Trinajstić information content (AvgIpc) is 2.44. The molecule has 126 valence electrons. The van der Waals surface area contributed by atoms with Crippen LogP contribution in [0, 0.1) is 0 Å². The van der Waals surface area contributed by atoms with Crippen molar-refractivity contribution in [3.63, 3.8) is 0 Å². The number of benzene rings is 1. The molecule has 1 atom stereocenters. The Labute approximate surface area is 140 Å². The van der Waals surface area contributed by atoms with Crippen molar-refractivity contribution in [2.75, 3.05) is 24.5 Å². The van der Waals surface area contributed by atoms with Gasteiger partial charge in [-0.05, 0) is 39.0 Å². The summed E-state index contributed by atoms with van der Waals surface area (Å²) in [6.45, 7) is 6.20. The number of nitrogens with zero attached hydrogens (tertiary/aromatic N) is 2. The smallest absolute Gasteiger partial charge is 0.410 e. The van der Waals surface area contributed by atoms with Crippen molar-refractivity contribution in [2.45, 2.75) is 32.4 Å². The maximum absolute atomic E-state index is 12.2. The van der Waals surface area contributed by atoms with E-state index in [1.165, 1.54) is 4.90 Å². The monoisotopic (exact) mass is 340 g/mol. The van der Waals surface area contributed by atoms with Gasteiger partial charge < -0.3 is 19.6 Å². The second kappa shape index (κ2) is 6.66. The van der Waals surface area contributed by atoms with Gasteiger partial charge in [-0.25, -0.2) is 9.59 Å². The number of aliphatic carboxylic acids is 1. The molecular weight excluding hydrogens is 320 g/mol. The van der Waals surface area contributed by atoms with Crippen molar-refractivity contribution < 1.29 is 19.4 Å². The van der Waals surface area contributed by atoms with Crippen LogP contribution in [0.4, 0.5) is 10.5 Å². The summed E-state index contributed by atoms with van der Waals surface area (Å²) in [6, 6.07) is 6.20. The molecule has 6 nitrogen and oxygen atoms in total. The van der Waals surface area contributed by atoms with Gasteiger partial charge >= 0.3 is 12.1 Å². The molecule has 0 spiro atoms. The van der Waals surface area contributed by atoms with Crippen LogP contribution in [0.3, 0.4) is 0 Å². The summed E-state index contributed by atoms with van der Waals surface area (Å²) >= 11 is 5.98. The average molecular weight is 341 g/mol. The Morgan fingerprint density at radius 1 is 1.30 bits per heavy atom. The third-order valence-electron chi connectivity index (χ3n) is 3.46. The molecule has 1 aromatic carbocycles. The Bertz CT molecular complexity index is 600. The van der Waals surface area contributed by atoms with E-state index in [1.807, 2.05) is 6.07 Å². The molecule has 0 saturated carbocycles. The van der Waals surface area contributed by atoms with E-state index in [-0.39, 0.29) is 6.54 Å². The Hall–Kier alpha value is -1.95. The molecule has 2 rings (SSSR count). The number of amides is 1. The Morgan fingerprint density at radius 3 is 2.57 bits per heavy atom. The van der Waals surface area contributed by atoms with Crippen LogP contribution in [-0.2, 0) is 9.53 Å². The SMILES string of the molecule is CC(C)(C)OC(=O)N1CCN(c2cccc(Cl)c2)C(C(=O)O)C1. The Morgan fingerprint density at radius 2 is 2.00 bits per heavy atom. The Kier molecular flexibility index (Phi) is 5.04. The van der Waals surface area contributed by atoms with Gasteiger partial charge in [0.1, 0.15) is 11.6 Å². The number of halogens is 1. The topological polar surface area (TPSA) is 70.1 Å². The van der Waals surface area contributed by atoms with Gasteiger partial charge in [-0.1, -0.05) is 17.7 Å². The highest BCUT2D eigenvalue weighted by Gasteiger charge is 2.36. The summed E-state index contributed by atoms with van der Waals surface area (Å²) in [7, 11) is 0. The summed E-state index contributed by atoms with van der Waals surface area (Å²) in [4.78, 5) is 27.0. The number of piperazine rings is 1. The van der Waals surface area contributed by atoms with Gasteiger partial charge in [-0.2, -0.15) is 0 Å². The summed E-state index contributed by atoms with van der Waals surface area (Å²) in [5, 5.41) is 10.1. The zero-order valence-corrected chi connectivity index (χ0v) is 14.2. The number of carboxylic acid groups (broad SMARTS) is 1. The summed E-state index contributed by atoms with van der Waals surface area (Å²) in [5.74, 6) is -0.988. The number of rotatable bonds is 2. The van der Waals surface area contributed by atoms with E-state index in [2.05, 4.69) is 0 Å². The number of carboxylic acids is 1. The van der Waals surface area contributed by atoms with Gasteiger partial charge in [0.15, 0.2) is 0 Å². The zero-order valence-electron chi connectivity index (χ0n) is 13.5. The molecule has 1 amide bonds. The molecule has 1 N–H and O–H groups in total. The molecule has 1 aliphatic heterocycles. The summed E-state index contributed by atoms with van der Waals surface area (Å²) in [5.41, 5.74) is 0.119. The highest BCUT2D eigenvalue weighted by Crippen LogP contribution is 2.24. The highest BCUT2D eigenvalue weighted by molar-refractivity contribution is 6.30. The number of anilines is 1. The maximum atomic E-state index is 12.2. The normalized spacial score (nSPS) is 18.7. The van der Waals surface area contributed by atoms with Crippen molar-refractivity contribution in [3.05, 3.63) is 29.3 Å². The number of carbonyl (C=O) groups excluding carboxylic acids is 1. The molecule has 1 aromatic rings. The van der Waals surface area contributed by atoms with E-state index >= 15 is 0 Å². The first-order chi connectivity index (χ1) is 10.7. The number of carbonyl (C=O) groups is 2. The van der Waals surface area contributed by atoms with Crippen LogP contribution < -0.4 is 4.90 Å². The van der Waals surface area contributed by atoms with Gasteiger partial charge in [-0.3, -0.25) is 0 Å². The lowest BCUT2D eigenvalue weighted by Gasteiger charge is -2.40. The lowest BCUT2D eigenvalue weighted by atomic mass is 10.1. The highest BCUT2D eigenvalue weighted by atomic mass is 35.5. The quantitative estimate of drug-likeness (QED) is 0.896. The van der Waals surface area contributed by atoms with Crippen LogP contribution in [0.2, 0.25) is 5.02 Å². The first kappa shape index (κ1) is 17.4. The molecular formula is C16H21ClN2O4. The molecule has 0 radical (unpaired) electrons. The fraction of sp³-hybridized carbons (Fsp3) is 0.500. The van der Waals surface area contributed by atoms with Gasteiger partial charge in [-0.15, -0.1) is 0 Å². The van der Waals surface area contributed by atoms with E-state index in [9.17, 15) is 14.7 Å². The van der Waals surface area contributed by atoms with Crippen LogP contribution >= 0.6 is 11.6 Å². The first-order valence-corrected chi connectivity index (χ1v) is 7.78. The van der Waals surface area contributed by atoms with Crippen LogP contribution in [-0.4, -0.2) is 53.3 Å². The maximum Gasteiger partial charge on any atom is 0.410 e. The molecule has 0 aromatic heterocycles. The fourth-order valence-electron chi connectivity index (χ4n) is 2.45. The third-order valence-corrected chi connectivity index (χ3v) is 3.69. The fourth-order valence-corrected chi connectivity index (χ4v) is 2.63. The van der Waals surface area contributed by atoms with Crippen molar-refractivity contribution in [1.29, 1.82) is 0 Å². The lowest BCUT2D eigenvalue weighted by Crippen LogP contribution is -2.58. The second-order valence-electron chi connectivity index (χ2n) is 6.45. The van der Waals surface area contributed by atoms with Gasteiger partial charge in [0.2, 0.25) is 0 Å². The van der Waals surface area contributed by atoms with E-state index in [1.54, 1.807) is 43.9 Å². The van der Waals surface area contributed by atoms with E-state index in [0.29, 0.717) is 18.1 Å². The van der Waals surface area contributed by atoms with E-state index < -0.39 is 23.7 Å². The minimum Gasteiger partial charge on any atom is -0.480 e. The number of hydrogen-bond acceptors (Lipinski definition) is 4. The first-order valence-electron chi connectivity index (χ1n) is 7.40. The molecule has 1 fully saturated rings.